The molecule has 0 aliphatic carbocycles. The van der Waals surface area contributed by atoms with E-state index in [0.717, 1.165) is 32.8 Å². The summed E-state index contributed by atoms with van der Waals surface area (Å²) in [6.45, 7) is 4.70. The molecule has 0 aliphatic rings. The quantitative estimate of drug-likeness (QED) is 0.556. The van der Waals surface area contributed by atoms with Crippen LogP contribution in [-0.4, -0.2) is 63.9 Å². The Morgan fingerprint density at radius 3 is 2.62 bits per heavy atom. The first-order valence-corrected chi connectivity index (χ1v) is 6.09. The minimum Gasteiger partial charge on any atom is -0.379 e. The van der Waals surface area contributed by atoms with Crippen LogP contribution < -0.4 is 5.32 Å². The maximum Gasteiger partial charge on any atom is 0.0593 e. The second-order valence-electron chi connectivity index (χ2n) is 3.16. The van der Waals surface area contributed by atoms with Crippen molar-refractivity contribution >= 4 is 11.8 Å². The van der Waals surface area contributed by atoms with Gasteiger partial charge >= 0.3 is 0 Å². The number of nitrogens with zero attached hydrogens (tertiary/aromatic N) is 1. The molecule has 0 radical (unpaired) electrons. The Kier molecular flexibility index (Phi) is 10.5. The summed E-state index contributed by atoms with van der Waals surface area (Å²) < 4.78 is 5.41. The molecule has 13 heavy (non-hydrogen) atoms. The van der Waals surface area contributed by atoms with E-state index in [2.05, 4.69) is 30.6 Å². The monoisotopic (exact) mass is 206 g/mol. The van der Waals surface area contributed by atoms with E-state index in [-0.39, 0.29) is 0 Å². The highest BCUT2D eigenvalue weighted by atomic mass is 32.2. The van der Waals surface area contributed by atoms with Crippen molar-refractivity contribution in [1.29, 1.82) is 0 Å². The van der Waals surface area contributed by atoms with E-state index in [4.69, 9.17) is 4.74 Å². The van der Waals surface area contributed by atoms with Crippen LogP contribution in [0.1, 0.15) is 0 Å². The summed E-state index contributed by atoms with van der Waals surface area (Å²) in [5, 5.41) is 3.31. The van der Waals surface area contributed by atoms with Crippen LogP contribution in [0.4, 0.5) is 0 Å². The number of thioether (sulfide) groups is 1. The first-order chi connectivity index (χ1) is 6.27. The normalized spacial score (nSPS) is 11.1. The van der Waals surface area contributed by atoms with Crippen LogP contribution in [0, 0.1) is 0 Å². The van der Waals surface area contributed by atoms with Gasteiger partial charge in [-0.1, -0.05) is 0 Å². The van der Waals surface area contributed by atoms with Crippen LogP contribution in [0.3, 0.4) is 0 Å². The number of hydrogen-bond donors (Lipinski definition) is 1. The van der Waals surface area contributed by atoms with Crippen molar-refractivity contribution in [1.82, 2.24) is 10.2 Å². The van der Waals surface area contributed by atoms with E-state index in [1.54, 1.807) is 0 Å². The lowest BCUT2D eigenvalue weighted by Gasteiger charge is -2.09. The van der Waals surface area contributed by atoms with Crippen molar-refractivity contribution in [2.45, 2.75) is 0 Å². The highest BCUT2D eigenvalue weighted by Crippen LogP contribution is 1.86. The zero-order valence-electron chi connectivity index (χ0n) is 9.01. The molecule has 0 fully saturated rings. The van der Waals surface area contributed by atoms with E-state index in [1.807, 2.05) is 11.8 Å². The number of rotatable bonds is 9. The lowest BCUT2D eigenvalue weighted by molar-refractivity contribution is 0.119. The molecule has 0 saturated heterocycles. The summed E-state index contributed by atoms with van der Waals surface area (Å²) >= 11 is 1.86. The Balaban J connectivity index is 2.84. The fourth-order valence-corrected chi connectivity index (χ4v) is 1.14. The molecule has 0 aromatic carbocycles. The van der Waals surface area contributed by atoms with Gasteiger partial charge in [-0.25, -0.2) is 0 Å². The SMILES string of the molecule is CSCCNCCOCCN(C)C. The topological polar surface area (TPSA) is 24.5 Å². The fourth-order valence-electron chi connectivity index (χ4n) is 0.793. The molecule has 0 bridgehead atoms. The van der Waals surface area contributed by atoms with E-state index in [9.17, 15) is 0 Å². The molecule has 0 unspecified atom stereocenters. The third-order valence-electron chi connectivity index (χ3n) is 1.59. The van der Waals surface area contributed by atoms with Gasteiger partial charge in [0.1, 0.15) is 0 Å². The number of hydrogen-bond acceptors (Lipinski definition) is 4. The van der Waals surface area contributed by atoms with Crippen LogP contribution in [0.5, 0.6) is 0 Å². The lowest BCUT2D eigenvalue weighted by Crippen LogP contribution is -2.24. The van der Waals surface area contributed by atoms with Crippen LogP contribution in [0.15, 0.2) is 0 Å². The zero-order valence-corrected chi connectivity index (χ0v) is 9.82. The zero-order chi connectivity index (χ0) is 9.94. The largest absolute Gasteiger partial charge is 0.379 e. The number of likely N-dealkylation sites (N-methyl/N-ethyl adjacent to an activating group) is 1. The predicted molar refractivity (Wildman–Crippen MR) is 60.6 cm³/mol. The second-order valence-corrected chi connectivity index (χ2v) is 4.14. The Bertz CT molecular complexity index is 102. The third-order valence-corrected chi connectivity index (χ3v) is 2.20. The van der Waals surface area contributed by atoms with E-state index < -0.39 is 0 Å². The summed E-state index contributed by atoms with van der Waals surface area (Å²) in [6.07, 6.45) is 2.12. The number of ether oxygens (including phenoxy) is 1. The van der Waals surface area contributed by atoms with Crippen LogP contribution in [0.2, 0.25) is 0 Å². The van der Waals surface area contributed by atoms with Crippen LogP contribution >= 0.6 is 11.8 Å². The van der Waals surface area contributed by atoms with Gasteiger partial charge in [0, 0.05) is 25.4 Å². The highest BCUT2D eigenvalue weighted by molar-refractivity contribution is 7.98. The molecule has 0 aromatic heterocycles. The van der Waals surface area contributed by atoms with E-state index in [1.165, 1.54) is 5.75 Å². The standard InChI is InChI=1S/C9H22N2OS/c1-11(2)6-8-12-7-4-10-5-9-13-3/h10H,4-9H2,1-3H3. The average molecular weight is 206 g/mol. The maximum absolute atomic E-state index is 5.41. The summed E-state index contributed by atoms with van der Waals surface area (Å²) in [5.41, 5.74) is 0. The molecule has 80 valence electrons. The Hall–Kier alpha value is 0.230. The molecule has 0 heterocycles. The van der Waals surface area contributed by atoms with Crippen molar-refractivity contribution in [3.8, 4) is 0 Å². The van der Waals surface area contributed by atoms with Gasteiger partial charge < -0.3 is 15.0 Å². The molecule has 4 heteroatoms. The van der Waals surface area contributed by atoms with Crippen LogP contribution in [0.25, 0.3) is 0 Å². The van der Waals surface area contributed by atoms with Gasteiger partial charge in [-0.3, -0.25) is 0 Å². The molecular formula is C9H22N2OS. The van der Waals surface area contributed by atoms with Gasteiger partial charge in [0.2, 0.25) is 0 Å². The third kappa shape index (κ3) is 12.2. The molecule has 0 atom stereocenters. The maximum atomic E-state index is 5.41. The highest BCUT2D eigenvalue weighted by Gasteiger charge is 1.90. The van der Waals surface area contributed by atoms with Gasteiger partial charge in [0.15, 0.2) is 0 Å². The molecule has 0 rings (SSSR count). The summed E-state index contributed by atoms with van der Waals surface area (Å²) in [5.74, 6) is 1.18. The molecule has 1 N–H and O–H groups in total. The minimum absolute atomic E-state index is 0.822. The molecule has 0 aromatic rings. The van der Waals surface area contributed by atoms with Crippen molar-refractivity contribution in [2.75, 3.05) is 59.0 Å². The predicted octanol–water partition coefficient (Wildman–Crippen LogP) is 0.517. The smallest absolute Gasteiger partial charge is 0.0593 e. The first kappa shape index (κ1) is 13.2. The second kappa shape index (κ2) is 10.3. The van der Waals surface area contributed by atoms with Gasteiger partial charge in [0.05, 0.1) is 13.2 Å². The van der Waals surface area contributed by atoms with E-state index >= 15 is 0 Å². The number of nitrogens with one attached hydrogen (secondary N) is 1. The van der Waals surface area contributed by atoms with E-state index in [0.29, 0.717) is 0 Å². The van der Waals surface area contributed by atoms with Gasteiger partial charge in [0.25, 0.3) is 0 Å². The molecule has 0 spiro atoms. The summed E-state index contributed by atoms with van der Waals surface area (Å²) in [6, 6.07) is 0. The molecule has 0 amide bonds. The van der Waals surface area contributed by atoms with Gasteiger partial charge in [-0.15, -0.1) is 0 Å². The lowest BCUT2D eigenvalue weighted by atomic mass is 10.6. The van der Waals surface area contributed by atoms with Crippen molar-refractivity contribution in [3.63, 3.8) is 0 Å². The Morgan fingerprint density at radius 1 is 1.23 bits per heavy atom. The first-order valence-electron chi connectivity index (χ1n) is 4.69. The molecule has 0 saturated carbocycles. The molecular weight excluding hydrogens is 184 g/mol. The van der Waals surface area contributed by atoms with Crippen molar-refractivity contribution in [3.05, 3.63) is 0 Å². The van der Waals surface area contributed by atoms with Crippen LogP contribution in [-0.2, 0) is 4.74 Å². The van der Waals surface area contributed by atoms with Crippen molar-refractivity contribution < 1.29 is 4.74 Å². The summed E-state index contributed by atoms with van der Waals surface area (Å²) in [7, 11) is 4.11. The average Bonchev–Trinajstić information content (AvgIpc) is 2.09. The minimum atomic E-state index is 0.822. The van der Waals surface area contributed by atoms with Crippen molar-refractivity contribution in [2.24, 2.45) is 0 Å². The Morgan fingerprint density at radius 2 is 2.00 bits per heavy atom. The van der Waals surface area contributed by atoms with Gasteiger partial charge in [-0.05, 0) is 20.4 Å². The fraction of sp³-hybridized carbons (Fsp3) is 1.00. The Labute approximate surface area is 86.2 Å². The molecule has 3 nitrogen and oxygen atoms in total. The molecule has 0 aliphatic heterocycles. The summed E-state index contributed by atoms with van der Waals surface area (Å²) in [4.78, 5) is 2.13. The van der Waals surface area contributed by atoms with Gasteiger partial charge in [-0.2, -0.15) is 11.8 Å².